The number of nitrogens with one attached hydrogen (secondary N) is 1. The number of benzene rings is 1. The van der Waals surface area contributed by atoms with E-state index in [2.05, 4.69) is 23.3 Å². The number of hydrogen-bond donors (Lipinski definition) is 1. The van der Waals surface area contributed by atoms with Crippen molar-refractivity contribution in [2.45, 2.75) is 13.1 Å². The number of rotatable bonds is 2. The van der Waals surface area contributed by atoms with Crippen LogP contribution < -0.4 is 5.32 Å². The van der Waals surface area contributed by atoms with E-state index in [1.807, 2.05) is 12.1 Å². The Balaban J connectivity index is 2.39. The molecule has 0 saturated heterocycles. The maximum absolute atomic E-state index is 10.3. The van der Waals surface area contributed by atoms with Crippen molar-refractivity contribution in [2.24, 2.45) is 0 Å². The van der Waals surface area contributed by atoms with Gasteiger partial charge in [-0.15, -0.1) is 0 Å². The van der Waals surface area contributed by atoms with Crippen LogP contribution >= 0.6 is 0 Å². The van der Waals surface area contributed by atoms with E-state index < -0.39 is 0 Å². The fraction of sp³-hybridized carbons (Fsp3) is 0.300. The molecule has 1 amide bonds. The standard InChI is InChI=1S/C10H12N2O/c1-12-5-8-3-2-4-10(11-7-13)9(8)6-12/h2-4,7H,5-6H2,1H3,(H,11,13). The minimum absolute atomic E-state index is 0.730. The molecule has 1 N–H and O–H groups in total. The Morgan fingerprint density at radius 2 is 2.31 bits per heavy atom. The number of anilines is 1. The van der Waals surface area contributed by atoms with Crippen molar-refractivity contribution in [3.05, 3.63) is 29.3 Å². The highest BCUT2D eigenvalue weighted by molar-refractivity contribution is 5.74. The van der Waals surface area contributed by atoms with Crippen LogP contribution in [0.3, 0.4) is 0 Å². The minimum atomic E-state index is 0.730. The van der Waals surface area contributed by atoms with E-state index in [0.29, 0.717) is 0 Å². The highest BCUT2D eigenvalue weighted by Crippen LogP contribution is 2.27. The Morgan fingerprint density at radius 3 is 3.08 bits per heavy atom. The van der Waals surface area contributed by atoms with Gasteiger partial charge in [0, 0.05) is 18.8 Å². The highest BCUT2D eigenvalue weighted by Gasteiger charge is 2.17. The lowest BCUT2D eigenvalue weighted by Crippen LogP contribution is -2.08. The molecular formula is C10H12N2O. The predicted molar refractivity (Wildman–Crippen MR) is 51.3 cm³/mol. The van der Waals surface area contributed by atoms with Crippen LogP contribution in [0.15, 0.2) is 18.2 Å². The molecule has 1 aromatic rings. The average Bonchev–Trinajstić information content (AvgIpc) is 2.47. The summed E-state index contributed by atoms with van der Waals surface area (Å²) in [5.74, 6) is 0. The first-order valence-electron chi connectivity index (χ1n) is 4.31. The van der Waals surface area contributed by atoms with Crippen LogP contribution in [0.1, 0.15) is 11.1 Å². The Morgan fingerprint density at radius 1 is 1.46 bits per heavy atom. The van der Waals surface area contributed by atoms with Crippen LogP contribution in [0, 0.1) is 0 Å². The van der Waals surface area contributed by atoms with Crippen LogP contribution in [0.2, 0.25) is 0 Å². The molecule has 0 unspecified atom stereocenters. The summed E-state index contributed by atoms with van der Waals surface area (Å²) in [4.78, 5) is 12.6. The molecule has 0 radical (unpaired) electrons. The van der Waals surface area contributed by atoms with Crippen LogP contribution in [0.4, 0.5) is 5.69 Å². The largest absolute Gasteiger partial charge is 0.328 e. The lowest BCUT2D eigenvalue weighted by molar-refractivity contribution is -0.105. The van der Waals surface area contributed by atoms with Gasteiger partial charge in [0.25, 0.3) is 0 Å². The zero-order valence-corrected chi connectivity index (χ0v) is 7.58. The molecule has 1 heterocycles. The van der Waals surface area contributed by atoms with Gasteiger partial charge >= 0.3 is 0 Å². The molecule has 0 atom stereocenters. The topological polar surface area (TPSA) is 32.3 Å². The average molecular weight is 176 g/mol. The van der Waals surface area contributed by atoms with Crippen molar-refractivity contribution < 1.29 is 4.79 Å². The zero-order chi connectivity index (χ0) is 9.26. The third-order valence-electron chi connectivity index (χ3n) is 2.36. The van der Waals surface area contributed by atoms with Gasteiger partial charge in [-0.1, -0.05) is 12.1 Å². The normalized spacial score (nSPS) is 15.5. The van der Waals surface area contributed by atoms with Crippen molar-refractivity contribution in [1.29, 1.82) is 0 Å². The third-order valence-corrected chi connectivity index (χ3v) is 2.36. The van der Waals surface area contributed by atoms with E-state index in [4.69, 9.17) is 0 Å². The molecule has 1 aliphatic rings. The molecular weight excluding hydrogens is 164 g/mol. The summed E-state index contributed by atoms with van der Waals surface area (Å²) < 4.78 is 0. The number of carbonyl (C=O) groups is 1. The van der Waals surface area contributed by atoms with Crippen LogP contribution in [-0.2, 0) is 17.9 Å². The predicted octanol–water partition coefficient (Wildman–Crippen LogP) is 1.20. The summed E-state index contributed by atoms with van der Waals surface area (Å²) >= 11 is 0. The molecule has 3 heteroatoms. The maximum Gasteiger partial charge on any atom is 0.211 e. The van der Waals surface area contributed by atoms with E-state index >= 15 is 0 Å². The van der Waals surface area contributed by atoms with E-state index in [-0.39, 0.29) is 0 Å². The first-order valence-corrected chi connectivity index (χ1v) is 4.31. The maximum atomic E-state index is 10.3. The van der Waals surface area contributed by atoms with E-state index in [0.717, 1.165) is 25.2 Å². The van der Waals surface area contributed by atoms with E-state index in [1.165, 1.54) is 11.1 Å². The molecule has 0 fully saturated rings. The van der Waals surface area contributed by atoms with Crippen molar-refractivity contribution in [2.75, 3.05) is 12.4 Å². The monoisotopic (exact) mass is 176 g/mol. The molecule has 0 aromatic heterocycles. The SMILES string of the molecule is CN1Cc2cccc(NC=O)c2C1. The van der Waals surface area contributed by atoms with Gasteiger partial charge in [-0.2, -0.15) is 0 Å². The third kappa shape index (κ3) is 1.42. The summed E-state index contributed by atoms with van der Waals surface area (Å²) in [6, 6.07) is 6.02. The smallest absolute Gasteiger partial charge is 0.211 e. The first-order chi connectivity index (χ1) is 6.31. The first kappa shape index (κ1) is 8.26. The van der Waals surface area contributed by atoms with Gasteiger partial charge in [-0.25, -0.2) is 0 Å². The summed E-state index contributed by atoms with van der Waals surface area (Å²) in [6.45, 7) is 1.90. The zero-order valence-electron chi connectivity index (χ0n) is 7.58. The van der Waals surface area contributed by atoms with Gasteiger partial charge in [0.1, 0.15) is 0 Å². The Hall–Kier alpha value is -1.35. The number of hydrogen-bond acceptors (Lipinski definition) is 2. The molecule has 1 aromatic carbocycles. The Bertz CT molecular complexity index is 336. The quantitative estimate of drug-likeness (QED) is 0.687. The lowest BCUT2D eigenvalue weighted by atomic mass is 10.1. The summed E-state index contributed by atoms with van der Waals surface area (Å²) in [5, 5.41) is 2.72. The molecule has 0 saturated carbocycles. The fourth-order valence-corrected chi connectivity index (χ4v) is 1.78. The second-order valence-corrected chi connectivity index (χ2v) is 3.38. The second kappa shape index (κ2) is 3.18. The van der Waals surface area contributed by atoms with Gasteiger partial charge in [-0.05, 0) is 24.2 Å². The number of fused-ring (bicyclic) bond motifs is 1. The molecule has 0 aliphatic carbocycles. The summed E-state index contributed by atoms with van der Waals surface area (Å²) in [5.41, 5.74) is 3.50. The molecule has 13 heavy (non-hydrogen) atoms. The van der Waals surface area contributed by atoms with Gasteiger partial charge in [0.15, 0.2) is 0 Å². The van der Waals surface area contributed by atoms with Crippen molar-refractivity contribution in [3.63, 3.8) is 0 Å². The number of nitrogens with zero attached hydrogens (tertiary/aromatic N) is 1. The second-order valence-electron chi connectivity index (χ2n) is 3.38. The number of amides is 1. The summed E-state index contributed by atoms with van der Waals surface area (Å²) in [6.07, 6.45) is 0.730. The fourth-order valence-electron chi connectivity index (χ4n) is 1.78. The van der Waals surface area contributed by atoms with Gasteiger partial charge in [-0.3, -0.25) is 9.69 Å². The van der Waals surface area contributed by atoms with Crippen molar-refractivity contribution in [3.8, 4) is 0 Å². The van der Waals surface area contributed by atoms with Gasteiger partial charge < -0.3 is 5.32 Å². The van der Waals surface area contributed by atoms with Gasteiger partial charge in [0.2, 0.25) is 6.41 Å². The number of carbonyl (C=O) groups excluding carboxylic acids is 1. The molecule has 1 aliphatic heterocycles. The minimum Gasteiger partial charge on any atom is -0.328 e. The Labute approximate surface area is 77.4 Å². The van der Waals surface area contributed by atoms with Crippen LogP contribution in [-0.4, -0.2) is 18.4 Å². The highest BCUT2D eigenvalue weighted by atomic mass is 16.1. The molecule has 0 spiro atoms. The summed E-state index contributed by atoms with van der Waals surface area (Å²) in [7, 11) is 2.07. The van der Waals surface area contributed by atoms with Crippen molar-refractivity contribution >= 4 is 12.1 Å². The lowest BCUT2D eigenvalue weighted by Gasteiger charge is -2.05. The van der Waals surface area contributed by atoms with E-state index in [9.17, 15) is 4.79 Å². The Kier molecular flexibility index (Phi) is 2.02. The van der Waals surface area contributed by atoms with Crippen molar-refractivity contribution in [1.82, 2.24) is 4.90 Å². The van der Waals surface area contributed by atoms with E-state index in [1.54, 1.807) is 0 Å². The molecule has 3 nitrogen and oxygen atoms in total. The molecule has 0 bridgehead atoms. The van der Waals surface area contributed by atoms with Gasteiger partial charge in [0.05, 0.1) is 0 Å². The van der Waals surface area contributed by atoms with Crippen LogP contribution in [0.5, 0.6) is 0 Å². The molecule has 68 valence electrons. The van der Waals surface area contributed by atoms with Crippen LogP contribution in [0.25, 0.3) is 0 Å². The molecule has 2 rings (SSSR count).